The number of nitrogens with one attached hydrogen (secondary N) is 1. The number of fused-ring (bicyclic) bond motifs is 10. The van der Waals surface area contributed by atoms with E-state index in [1.54, 1.807) is 0 Å². The molecule has 0 bridgehead atoms. The zero-order valence-corrected chi connectivity index (χ0v) is 25.8. The van der Waals surface area contributed by atoms with Crippen molar-refractivity contribution in [3.8, 4) is 0 Å². The van der Waals surface area contributed by atoms with Gasteiger partial charge in [-0.3, -0.25) is 0 Å². The minimum absolute atomic E-state index is 0.0736. The molecule has 2 nitrogen and oxygen atoms in total. The second-order valence-electron chi connectivity index (χ2n) is 13.1. The fourth-order valence-corrected chi connectivity index (χ4v) is 7.86. The summed E-state index contributed by atoms with van der Waals surface area (Å²) in [5.74, 6) is 1.08. The van der Waals surface area contributed by atoms with E-state index in [2.05, 4.69) is 157 Å². The lowest BCUT2D eigenvalue weighted by atomic mass is 9.84. The van der Waals surface area contributed by atoms with Gasteiger partial charge in [0.2, 0.25) is 0 Å². The normalized spacial score (nSPS) is 21.1. The van der Waals surface area contributed by atoms with Crippen LogP contribution in [0.3, 0.4) is 0 Å². The molecule has 45 heavy (non-hydrogen) atoms. The number of hydrogen-bond acceptors (Lipinski definition) is 1. The van der Waals surface area contributed by atoms with Crippen molar-refractivity contribution in [2.24, 2.45) is 11.8 Å². The molecule has 0 spiro atoms. The fraction of sp³-hybridized carbons (Fsp3) is 0.163. The highest BCUT2D eigenvalue weighted by atomic mass is 15.2. The van der Waals surface area contributed by atoms with Crippen LogP contribution in [0, 0.1) is 11.8 Å². The summed E-state index contributed by atoms with van der Waals surface area (Å²) in [6.07, 6.45) is 18.5. The van der Waals surface area contributed by atoms with E-state index in [-0.39, 0.29) is 6.17 Å². The van der Waals surface area contributed by atoms with Gasteiger partial charge in [-0.2, -0.15) is 0 Å². The molecule has 2 heteroatoms. The maximum absolute atomic E-state index is 4.02. The number of hydrogen-bond donors (Lipinski definition) is 1. The molecule has 0 amide bonds. The van der Waals surface area contributed by atoms with E-state index >= 15 is 0 Å². The third-order valence-corrected chi connectivity index (χ3v) is 10.1. The SMILES string of the molecule is CC1C=CC(C2=CC(c3ccccc3)=CC(n3c4ccccc4c4c5c6c(ccc5c5ccccc5c43)C=CC(C)C6)N2)=CC1. The summed E-state index contributed by atoms with van der Waals surface area (Å²) in [4.78, 5) is 0. The Morgan fingerprint density at radius 1 is 0.667 bits per heavy atom. The molecular formula is C43H36N2. The smallest absolute Gasteiger partial charge is 0.124 e. The lowest BCUT2D eigenvalue weighted by Gasteiger charge is -2.29. The topological polar surface area (TPSA) is 17.0 Å². The van der Waals surface area contributed by atoms with Crippen LogP contribution in [-0.4, -0.2) is 4.57 Å². The van der Waals surface area contributed by atoms with Crippen molar-refractivity contribution in [2.75, 3.05) is 0 Å². The maximum atomic E-state index is 4.02. The van der Waals surface area contributed by atoms with Crippen molar-refractivity contribution in [1.29, 1.82) is 0 Å². The molecule has 3 aliphatic rings. The van der Waals surface area contributed by atoms with E-state index in [0.717, 1.165) is 12.8 Å². The van der Waals surface area contributed by atoms with Gasteiger partial charge in [-0.05, 0) is 86.9 Å². The molecule has 0 saturated heterocycles. The van der Waals surface area contributed by atoms with Crippen LogP contribution in [-0.2, 0) is 6.42 Å². The molecule has 0 radical (unpaired) electrons. The monoisotopic (exact) mass is 580 g/mol. The minimum Gasteiger partial charge on any atom is -0.361 e. The van der Waals surface area contributed by atoms with Gasteiger partial charge in [0, 0.05) is 21.9 Å². The molecule has 1 aromatic heterocycles. The highest BCUT2D eigenvalue weighted by Crippen LogP contribution is 2.46. The molecule has 6 aromatic rings. The van der Waals surface area contributed by atoms with Crippen LogP contribution in [0.25, 0.3) is 55.0 Å². The van der Waals surface area contributed by atoms with Crippen molar-refractivity contribution < 1.29 is 0 Å². The average Bonchev–Trinajstić information content (AvgIpc) is 3.44. The zero-order valence-electron chi connectivity index (χ0n) is 25.8. The van der Waals surface area contributed by atoms with Crippen LogP contribution in [0.1, 0.15) is 43.1 Å². The van der Waals surface area contributed by atoms with Crippen molar-refractivity contribution in [3.63, 3.8) is 0 Å². The van der Waals surface area contributed by atoms with Gasteiger partial charge in [-0.1, -0.05) is 129 Å². The van der Waals surface area contributed by atoms with Gasteiger partial charge >= 0.3 is 0 Å². The Morgan fingerprint density at radius 3 is 2.24 bits per heavy atom. The van der Waals surface area contributed by atoms with Gasteiger partial charge in [0.05, 0.1) is 11.0 Å². The van der Waals surface area contributed by atoms with Gasteiger partial charge in [0.15, 0.2) is 0 Å². The van der Waals surface area contributed by atoms with Crippen molar-refractivity contribution in [3.05, 3.63) is 155 Å². The summed E-state index contributed by atoms with van der Waals surface area (Å²) in [5.41, 5.74) is 10.3. The summed E-state index contributed by atoms with van der Waals surface area (Å²) >= 11 is 0. The molecule has 2 aliphatic carbocycles. The van der Waals surface area contributed by atoms with Crippen LogP contribution in [0.15, 0.2) is 139 Å². The Bertz CT molecular complexity index is 2320. The van der Waals surface area contributed by atoms with Crippen LogP contribution < -0.4 is 5.32 Å². The van der Waals surface area contributed by atoms with Crippen LogP contribution >= 0.6 is 0 Å². The Morgan fingerprint density at radius 2 is 1.42 bits per heavy atom. The molecule has 3 atom stereocenters. The highest BCUT2D eigenvalue weighted by Gasteiger charge is 2.27. The Kier molecular flexibility index (Phi) is 5.99. The minimum atomic E-state index is -0.0736. The van der Waals surface area contributed by atoms with Crippen molar-refractivity contribution >= 4 is 55.0 Å². The predicted molar refractivity (Wildman–Crippen MR) is 192 cm³/mol. The van der Waals surface area contributed by atoms with Gasteiger partial charge in [0.25, 0.3) is 0 Å². The van der Waals surface area contributed by atoms with Gasteiger partial charge < -0.3 is 9.88 Å². The van der Waals surface area contributed by atoms with Gasteiger partial charge in [-0.15, -0.1) is 0 Å². The van der Waals surface area contributed by atoms with Crippen molar-refractivity contribution in [1.82, 2.24) is 9.88 Å². The quantitative estimate of drug-likeness (QED) is 0.206. The van der Waals surface area contributed by atoms with Crippen LogP contribution in [0.4, 0.5) is 0 Å². The predicted octanol–water partition coefficient (Wildman–Crippen LogP) is 10.9. The molecule has 2 heterocycles. The maximum Gasteiger partial charge on any atom is 0.124 e. The third-order valence-electron chi connectivity index (χ3n) is 10.1. The second-order valence-corrected chi connectivity index (χ2v) is 13.1. The van der Waals surface area contributed by atoms with Gasteiger partial charge in [0.1, 0.15) is 6.17 Å². The molecule has 0 saturated carbocycles. The molecule has 0 fully saturated rings. The van der Waals surface area contributed by atoms with E-state index in [0.29, 0.717) is 11.8 Å². The summed E-state index contributed by atoms with van der Waals surface area (Å²) in [7, 11) is 0. The summed E-state index contributed by atoms with van der Waals surface area (Å²) < 4.78 is 2.58. The largest absolute Gasteiger partial charge is 0.361 e. The molecule has 1 aliphatic heterocycles. The van der Waals surface area contributed by atoms with Crippen molar-refractivity contribution in [2.45, 2.75) is 32.9 Å². The number of para-hydroxylation sites is 1. The first kappa shape index (κ1) is 26.3. The Hall–Kier alpha value is -5.08. The van der Waals surface area contributed by atoms with Crippen LogP contribution in [0.2, 0.25) is 0 Å². The Labute approximate surface area is 264 Å². The summed E-state index contributed by atoms with van der Waals surface area (Å²) in [6, 6.07) is 33.6. The Balaban J connectivity index is 1.39. The van der Waals surface area contributed by atoms with E-state index in [1.165, 1.54) is 76.9 Å². The van der Waals surface area contributed by atoms with Gasteiger partial charge in [-0.25, -0.2) is 0 Å². The van der Waals surface area contributed by atoms with Crippen LogP contribution in [0.5, 0.6) is 0 Å². The number of dihydropyridines is 1. The summed E-state index contributed by atoms with van der Waals surface area (Å²) in [6.45, 7) is 4.62. The lowest BCUT2D eigenvalue weighted by Crippen LogP contribution is -2.28. The number of aromatic nitrogens is 1. The molecular weight excluding hydrogens is 544 g/mol. The summed E-state index contributed by atoms with van der Waals surface area (Å²) in [5, 5.41) is 12.1. The highest BCUT2D eigenvalue weighted by molar-refractivity contribution is 6.32. The first-order valence-corrected chi connectivity index (χ1v) is 16.4. The standard InChI is InChI=1S/C43H36N2/c1-27-16-20-31(21-17-27)38-25-32(29-10-4-3-5-11-29)26-40(44-38)45-39-15-9-8-14-36(39)42-41-34(33-12-6-7-13-35(33)43(42)45)23-22-30-19-18-28(2)24-37(30)41/h3-16,18-23,25-28,40,44H,17,24H2,1-2H3. The third kappa shape index (κ3) is 4.16. The van der Waals surface area contributed by atoms with E-state index in [1.807, 2.05) is 0 Å². The zero-order chi connectivity index (χ0) is 30.1. The average molecular weight is 581 g/mol. The molecule has 218 valence electrons. The van der Waals surface area contributed by atoms with E-state index in [4.69, 9.17) is 0 Å². The molecule has 3 unspecified atom stereocenters. The number of rotatable bonds is 3. The first-order valence-electron chi connectivity index (χ1n) is 16.4. The number of allylic oxidation sites excluding steroid dienone is 6. The first-order chi connectivity index (χ1) is 22.1. The second kappa shape index (κ2) is 10.2. The molecule has 9 rings (SSSR count). The number of nitrogens with zero attached hydrogens (tertiary/aromatic N) is 1. The molecule has 5 aromatic carbocycles. The fourth-order valence-electron chi connectivity index (χ4n) is 7.86. The number of benzene rings is 5. The van der Waals surface area contributed by atoms with E-state index in [9.17, 15) is 0 Å². The lowest BCUT2D eigenvalue weighted by molar-refractivity contribution is 0.562. The van der Waals surface area contributed by atoms with E-state index < -0.39 is 0 Å². The molecule has 1 N–H and O–H groups in total.